The van der Waals surface area contributed by atoms with Crippen LogP contribution < -0.4 is 10.1 Å². The molecule has 0 saturated carbocycles. The van der Waals surface area contributed by atoms with Gasteiger partial charge < -0.3 is 10.1 Å². The third-order valence-electron chi connectivity index (χ3n) is 3.91. The van der Waals surface area contributed by atoms with Crippen molar-refractivity contribution in [3.8, 4) is 5.75 Å². The van der Waals surface area contributed by atoms with Crippen molar-refractivity contribution >= 4 is 23.2 Å². The largest absolute Gasteiger partial charge is 0.484 e. The van der Waals surface area contributed by atoms with Crippen LogP contribution in [-0.2, 0) is 4.79 Å². The van der Waals surface area contributed by atoms with Gasteiger partial charge >= 0.3 is 0 Å². The lowest BCUT2D eigenvalue weighted by Gasteiger charge is -2.12. The van der Waals surface area contributed by atoms with Crippen LogP contribution in [0, 0.1) is 6.92 Å². The Hall–Kier alpha value is -2.00. The van der Waals surface area contributed by atoms with Crippen molar-refractivity contribution in [3.05, 3.63) is 58.6 Å². The van der Waals surface area contributed by atoms with E-state index in [1.807, 2.05) is 37.3 Å². The first-order valence-corrected chi connectivity index (χ1v) is 8.16. The Balaban J connectivity index is 1.90. The number of nitrogens with one attached hydrogen (secondary N) is 1. The van der Waals surface area contributed by atoms with Crippen LogP contribution in [0.15, 0.2) is 42.5 Å². The average Bonchev–Trinajstić information content (AvgIpc) is 2.56. The summed E-state index contributed by atoms with van der Waals surface area (Å²) in [6.45, 7) is 6.24. The second kappa shape index (κ2) is 8.02. The molecule has 122 valence electrons. The molecule has 4 heteroatoms. The summed E-state index contributed by atoms with van der Waals surface area (Å²) < 4.78 is 5.53. The smallest absolute Gasteiger partial charge is 0.262 e. The lowest BCUT2D eigenvalue weighted by Crippen LogP contribution is -2.20. The number of hydrogen-bond donors (Lipinski definition) is 1. The van der Waals surface area contributed by atoms with E-state index < -0.39 is 0 Å². The first-order valence-electron chi connectivity index (χ1n) is 7.78. The van der Waals surface area contributed by atoms with E-state index >= 15 is 0 Å². The lowest BCUT2D eigenvalue weighted by molar-refractivity contribution is -0.118. The minimum Gasteiger partial charge on any atom is -0.484 e. The summed E-state index contributed by atoms with van der Waals surface area (Å²) in [7, 11) is 0. The van der Waals surface area contributed by atoms with Crippen molar-refractivity contribution in [1.82, 2.24) is 0 Å². The van der Waals surface area contributed by atoms with Crippen LogP contribution in [-0.4, -0.2) is 12.5 Å². The number of hydrogen-bond acceptors (Lipinski definition) is 2. The number of aryl methyl sites for hydroxylation is 1. The fraction of sp³-hybridized carbons (Fsp3) is 0.316. The number of carbonyl (C=O) groups is 1. The van der Waals surface area contributed by atoms with E-state index in [4.69, 9.17) is 16.3 Å². The monoisotopic (exact) mass is 331 g/mol. The zero-order valence-corrected chi connectivity index (χ0v) is 14.5. The molecule has 0 aliphatic heterocycles. The van der Waals surface area contributed by atoms with Gasteiger partial charge in [-0.1, -0.05) is 43.6 Å². The van der Waals surface area contributed by atoms with E-state index in [0.717, 1.165) is 12.0 Å². The number of amides is 1. The SMILES string of the molecule is CCC(C)c1ccc(OCC(=O)Nc2cc(Cl)ccc2C)cc1. The van der Waals surface area contributed by atoms with Gasteiger partial charge in [-0.15, -0.1) is 0 Å². The Kier molecular flexibility index (Phi) is 6.05. The van der Waals surface area contributed by atoms with Crippen LogP contribution in [0.5, 0.6) is 5.75 Å². The second-order valence-electron chi connectivity index (χ2n) is 5.67. The Morgan fingerprint density at radius 2 is 1.91 bits per heavy atom. The van der Waals surface area contributed by atoms with Crippen LogP contribution >= 0.6 is 11.6 Å². The molecule has 23 heavy (non-hydrogen) atoms. The predicted molar refractivity (Wildman–Crippen MR) is 95.5 cm³/mol. The van der Waals surface area contributed by atoms with Crippen molar-refractivity contribution in [2.45, 2.75) is 33.1 Å². The maximum absolute atomic E-state index is 12.0. The molecule has 2 aromatic rings. The summed E-state index contributed by atoms with van der Waals surface area (Å²) in [5.74, 6) is 1.01. The number of anilines is 1. The van der Waals surface area contributed by atoms with Crippen LogP contribution in [0.1, 0.15) is 37.3 Å². The molecule has 0 bridgehead atoms. The quantitative estimate of drug-likeness (QED) is 0.792. The Labute approximate surface area is 142 Å². The average molecular weight is 332 g/mol. The molecule has 0 heterocycles. The van der Waals surface area contributed by atoms with Crippen molar-refractivity contribution in [2.24, 2.45) is 0 Å². The second-order valence-corrected chi connectivity index (χ2v) is 6.11. The zero-order chi connectivity index (χ0) is 16.8. The third kappa shape index (κ3) is 5.00. The molecule has 0 saturated heterocycles. The number of ether oxygens (including phenoxy) is 1. The van der Waals surface area contributed by atoms with Crippen molar-refractivity contribution in [1.29, 1.82) is 0 Å². The van der Waals surface area contributed by atoms with Gasteiger partial charge in [-0.25, -0.2) is 0 Å². The minimum atomic E-state index is -0.207. The van der Waals surface area contributed by atoms with E-state index in [0.29, 0.717) is 22.4 Å². The summed E-state index contributed by atoms with van der Waals surface area (Å²) >= 11 is 5.94. The van der Waals surface area contributed by atoms with E-state index in [2.05, 4.69) is 19.2 Å². The highest BCUT2D eigenvalue weighted by molar-refractivity contribution is 6.31. The Morgan fingerprint density at radius 1 is 1.22 bits per heavy atom. The molecule has 1 amide bonds. The van der Waals surface area contributed by atoms with Gasteiger partial charge in [-0.05, 0) is 54.7 Å². The van der Waals surface area contributed by atoms with Gasteiger partial charge in [0.25, 0.3) is 5.91 Å². The molecular weight excluding hydrogens is 310 g/mol. The van der Waals surface area contributed by atoms with Crippen molar-refractivity contribution in [2.75, 3.05) is 11.9 Å². The number of halogens is 1. The van der Waals surface area contributed by atoms with Gasteiger partial charge in [0, 0.05) is 10.7 Å². The van der Waals surface area contributed by atoms with Crippen LogP contribution in [0.2, 0.25) is 5.02 Å². The number of carbonyl (C=O) groups excluding carboxylic acids is 1. The fourth-order valence-corrected chi connectivity index (χ4v) is 2.36. The molecule has 0 aliphatic carbocycles. The fourth-order valence-electron chi connectivity index (χ4n) is 2.19. The van der Waals surface area contributed by atoms with Gasteiger partial charge in [0.15, 0.2) is 6.61 Å². The first kappa shape index (κ1) is 17.4. The van der Waals surface area contributed by atoms with Gasteiger partial charge in [0.05, 0.1) is 0 Å². The molecule has 0 spiro atoms. The molecule has 0 aliphatic rings. The minimum absolute atomic E-state index is 0.0331. The normalized spacial score (nSPS) is 11.8. The summed E-state index contributed by atoms with van der Waals surface area (Å²) in [5.41, 5.74) is 2.94. The number of rotatable bonds is 6. The maximum Gasteiger partial charge on any atom is 0.262 e. The third-order valence-corrected chi connectivity index (χ3v) is 4.14. The highest BCUT2D eigenvalue weighted by Crippen LogP contribution is 2.22. The molecule has 0 radical (unpaired) electrons. The first-order chi connectivity index (χ1) is 11.0. The van der Waals surface area contributed by atoms with Crippen LogP contribution in [0.25, 0.3) is 0 Å². The topological polar surface area (TPSA) is 38.3 Å². The van der Waals surface area contributed by atoms with Gasteiger partial charge in [0.2, 0.25) is 0 Å². The summed E-state index contributed by atoms with van der Waals surface area (Å²) in [5, 5.41) is 3.40. The van der Waals surface area contributed by atoms with E-state index in [-0.39, 0.29) is 12.5 Å². The summed E-state index contributed by atoms with van der Waals surface area (Å²) in [4.78, 5) is 12.0. The molecule has 1 atom stereocenters. The van der Waals surface area contributed by atoms with E-state index in [1.54, 1.807) is 12.1 Å². The van der Waals surface area contributed by atoms with Crippen LogP contribution in [0.4, 0.5) is 5.69 Å². The molecule has 3 nitrogen and oxygen atoms in total. The van der Waals surface area contributed by atoms with Gasteiger partial charge in [-0.3, -0.25) is 4.79 Å². The maximum atomic E-state index is 12.0. The lowest BCUT2D eigenvalue weighted by atomic mass is 9.99. The Bertz CT molecular complexity index is 668. The van der Waals surface area contributed by atoms with E-state index in [9.17, 15) is 4.79 Å². The molecule has 0 fully saturated rings. The molecular formula is C19H22ClNO2. The Morgan fingerprint density at radius 3 is 2.57 bits per heavy atom. The molecule has 2 aromatic carbocycles. The molecule has 2 rings (SSSR count). The van der Waals surface area contributed by atoms with Crippen LogP contribution in [0.3, 0.4) is 0 Å². The van der Waals surface area contributed by atoms with Crippen molar-refractivity contribution < 1.29 is 9.53 Å². The summed E-state index contributed by atoms with van der Waals surface area (Å²) in [6, 6.07) is 13.3. The zero-order valence-electron chi connectivity index (χ0n) is 13.7. The predicted octanol–water partition coefficient (Wildman–Crippen LogP) is 5.18. The van der Waals surface area contributed by atoms with Gasteiger partial charge in [0.1, 0.15) is 5.75 Å². The van der Waals surface area contributed by atoms with E-state index in [1.165, 1.54) is 5.56 Å². The molecule has 1 unspecified atom stereocenters. The highest BCUT2D eigenvalue weighted by atomic mass is 35.5. The van der Waals surface area contributed by atoms with Gasteiger partial charge in [-0.2, -0.15) is 0 Å². The summed E-state index contributed by atoms with van der Waals surface area (Å²) in [6.07, 6.45) is 1.10. The highest BCUT2D eigenvalue weighted by Gasteiger charge is 2.07. The number of benzene rings is 2. The molecule has 1 N–H and O–H groups in total. The molecule has 0 aromatic heterocycles. The van der Waals surface area contributed by atoms with Crippen molar-refractivity contribution in [3.63, 3.8) is 0 Å². The standard InChI is InChI=1S/C19H22ClNO2/c1-4-13(2)15-6-9-17(10-7-15)23-12-19(22)21-18-11-16(20)8-5-14(18)3/h5-11,13H,4,12H2,1-3H3,(H,21,22).